The lowest BCUT2D eigenvalue weighted by atomic mass is 10.1. The van der Waals surface area contributed by atoms with Gasteiger partial charge in [-0.1, -0.05) is 53.0 Å². The minimum atomic E-state index is -0.719. The second-order valence-electron chi connectivity index (χ2n) is 5.01. The van der Waals surface area contributed by atoms with E-state index in [1.165, 1.54) is 12.1 Å². The highest BCUT2D eigenvalue weighted by molar-refractivity contribution is 6.35. The van der Waals surface area contributed by atoms with E-state index in [1.807, 2.05) is 12.1 Å². The molecule has 0 saturated heterocycles. The molecular formula is C17H14Cl3NO3. The molecule has 2 aromatic rings. The molecule has 0 aliphatic heterocycles. The summed E-state index contributed by atoms with van der Waals surface area (Å²) in [6, 6.07) is 11.3. The van der Waals surface area contributed by atoms with E-state index < -0.39 is 18.5 Å². The Hall–Kier alpha value is -1.75. The molecule has 0 aromatic heterocycles. The molecule has 0 spiro atoms. The minimum Gasteiger partial charge on any atom is -0.452 e. The molecule has 2 rings (SSSR count). The number of rotatable bonds is 5. The highest BCUT2D eigenvalue weighted by Crippen LogP contribution is 2.23. The van der Waals surface area contributed by atoms with E-state index >= 15 is 0 Å². The Balaban J connectivity index is 1.92. The van der Waals surface area contributed by atoms with Crippen LogP contribution in [0.2, 0.25) is 15.1 Å². The van der Waals surface area contributed by atoms with Crippen LogP contribution in [0.15, 0.2) is 42.5 Å². The van der Waals surface area contributed by atoms with Crippen molar-refractivity contribution in [3.05, 3.63) is 68.7 Å². The number of esters is 1. The maximum Gasteiger partial charge on any atom is 0.340 e. The van der Waals surface area contributed by atoms with Crippen molar-refractivity contribution in [2.45, 2.75) is 13.0 Å². The summed E-state index contributed by atoms with van der Waals surface area (Å²) in [5, 5.41) is 3.81. The molecular weight excluding hydrogens is 373 g/mol. The van der Waals surface area contributed by atoms with Gasteiger partial charge in [0.25, 0.3) is 5.91 Å². The fourth-order valence-electron chi connectivity index (χ4n) is 2.05. The van der Waals surface area contributed by atoms with Crippen LogP contribution in [-0.2, 0) is 9.53 Å². The third kappa shape index (κ3) is 4.87. The number of ether oxygens (including phenoxy) is 1. The monoisotopic (exact) mass is 385 g/mol. The van der Waals surface area contributed by atoms with Crippen LogP contribution in [-0.4, -0.2) is 18.5 Å². The Morgan fingerprint density at radius 1 is 1.08 bits per heavy atom. The first kappa shape index (κ1) is 18.6. The van der Waals surface area contributed by atoms with E-state index in [0.717, 1.165) is 5.56 Å². The van der Waals surface area contributed by atoms with E-state index in [2.05, 4.69) is 5.32 Å². The van der Waals surface area contributed by atoms with Gasteiger partial charge in [-0.15, -0.1) is 0 Å². The maximum absolute atomic E-state index is 12.0. The average Bonchev–Trinajstić information content (AvgIpc) is 2.55. The van der Waals surface area contributed by atoms with Crippen molar-refractivity contribution in [3.8, 4) is 0 Å². The maximum atomic E-state index is 12.0. The van der Waals surface area contributed by atoms with Crippen LogP contribution >= 0.6 is 34.8 Å². The van der Waals surface area contributed by atoms with Crippen molar-refractivity contribution in [2.24, 2.45) is 0 Å². The van der Waals surface area contributed by atoms with E-state index in [9.17, 15) is 9.59 Å². The van der Waals surface area contributed by atoms with Gasteiger partial charge < -0.3 is 10.1 Å². The summed E-state index contributed by atoms with van der Waals surface area (Å²) >= 11 is 17.8. The number of amides is 1. The topological polar surface area (TPSA) is 55.4 Å². The summed E-state index contributed by atoms with van der Waals surface area (Å²) in [6.45, 7) is 1.35. The molecule has 0 aliphatic rings. The molecule has 0 bridgehead atoms. The summed E-state index contributed by atoms with van der Waals surface area (Å²) < 4.78 is 4.97. The van der Waals surface area contributed by atoms with Gasteiger partial charge in [0.1, 0.15) is 0 Å². The first-order valence-corrected chi connectivity index (χ1v) is 8.18. The zero-order valence-electron chi connectivity index (χ0n) is 12.7. The van der Waals surface area contributed by atoms with Gasteiger partial charge in [0.15, 0.2) is 6.61 Å². The van der Waals surface area contributed by atoms with Gasteiger partial charge in [-0.05, 0) is 36.8 Å². The summed E-state index contributed by atoms with van der Waals surface area (Å²) in [5.74, 6) is -1.17. The molecule has 4 nitrogen and oxygen atoms in total. The highest BCUT2D eigenvalue weighted by Gasteiger charge is 2.16. The number of nitrogens with one attached hydrogen (secondary N) is 1. The molecule has 0 heterocycles. The molecule has 24 heavy (non-hydrogen) atoms. The lowest BCUT2D eigenvalue weighted by Crippen LogP contribution is -2.31. The molecule has 1 atom stereocenters. The molecule has 0 radical (unpaired) electrons. The van der Waals surface area contributed by atoms with Crippen molar-refractivity contribution in [1.82, 2.24) is 5.32 Å². The average molecular weight is 387 g/mol. The summed E-state index contributed by atoms with van der Waals surface area (Å²) in [6.07, 6.45) is 0. The number of carbonyl (C=O) groups excluding carboxylic acids is 2. The van der Waals surface area contributed by atoms with Gasteiger partial charge in [-0.25, -0.2) is 4.79 Å². The van der Waals surface area contributed by atoms with Gasteiger partial charge in [-0.2, -0.15) is 0 Å². The minimum absolute atomic E-state index is 0.108. The van der Waals surface area contributed by atoms with Crippen molar-refractivity contribution in [3.63, 3.8) is 0 Å². The zero-order chi connectivity index (χ0) is 17.7. The summed E-state index contributed by atoms with van der Waals surface area (Å²) in [7, 11) is 0. The van der Waals surface area contributed by atoms with E-state index in [0.29, 0.717) is 10.0 Å². The summed E-state index contributed by atoms with van der Waals surface area (Å²) in [4.78, 5) is 23.9. The van der Waals surface area contributed by atoms with Crippen LogP contribution < -0.4 is 5.32 Å². The molecule has 126 valence electrons. The molecule has 7 heteroatoms. The van der Waals surface area contributed by atoms with Crippen molar-refractivity contribution in [2.75, 3.05) is 6.61 Å². The second-order valence-corrected chi connectivity index (χ2v) is 6.26. The van der Waals surface area contributed by atoms with Crippen LogP contribution in [0, 0.1) is 0 Å². The third-order valence-corrected chi connectivity index (χ3v) is 4.14. The number of benzene rings is 2. The van der Waals surface area contributed by atoms with Crippen LogP contribution in [0.25, 0.3) is 0 Å². The Morgan fingerprint density at radius 3 is 2.50 bits per heavy atom. The second kappa shape index (κ2) is 8.38. The SMILES string of the molecule is C[C@H](NC(=O)COC(=O)c1cc(Cl)ccc1Cl)c1ccccc1Cl. The Labute approximate surface area is 154 Å². The van der Waals surface area contributed by atoms with Crippen LogP contribution in [0.3, 0.4) is 0 Å². The van der Waals surface area contributed by atoms with E-state index in [-0.39, 0.29) is 16.6 Å². The molecule has 0 aliphatic carbocycles. The Morgan fingerprint density at radius 2 is 1.79 bits per heavy atom. The Kier molecular flexibility index (Phi) is 6.49. The fraction of sp³-hybridized carbons (Fsp3) is 0.176. The van der Waals surface area contributed by atoms with Crippen LogP contribution in [0.5, 0.6) is 0 Å². The van der Waals surface area contributed by atoms with Crippen LogP contribution in [0.1, 0.15) is 28.9 Å². The molecule has 0 unspecified atom stereocenters. The Bertz CT molecular complexity index is 764. The van der Waals surface area contributed by atoms with Gasteiger partial charge in [-0.3, -0.25) is 4.79 Å². The first-order chi connectivity index (χ1) is 11.4. The number of halogens is 3. The van der Waals surface area contributed by atoms with E-state index in [4.69, 9.17) is 39.5 Å². The predicted octanol–water partition coefficient (Wildman–Crippen LogP) is 4.68. The lowest BCUT2D eigenvalue weighted by molar-refractivity contribution is -0.124. The number of hydrogen-bond donors (Lipinski definition) is 1. The van der Waals surface area contributed by atoms with Gasteiger partial charge in [0.2, 0.25) is 0 Å². The molecule has 1 N–H and O–H groups in total. The van der Waals surface area contributed by atoms with Crippen molar-refractivity contribution < 1.29 is 14.3 Å². The van der Waals surface area contributed by atoms with Crippen molar-refractivity contribution in [1.29, 1.82) is 0 Å². The smallest absolute Gasteiger partial charge is 0.340 e. The standard InChI is InChI=1S/C17H14Cl3NO3/c1-10(12-4-2-3-5-14(12)19)21-16(22)9-24-17(23)13-8-11(18)6-7-15(13)20/h2-8,10H,9H2,1H3,(H,21,22)/t10-/m0/s1. The summed E-state index contributed by atoms with van der Waals surface area (Å²) in [5.41, 5.74) is 0.882. The normalized spacial score (nSPS) is 11.7. The predicted molar refractivity (Wildman–Crippen MR) is 94.8 cm³/mol. The third-order valence-electron chi connectivity index (χ3n) is 3.23. The number of hydrogen-bond acceptors (Lipinski definition) is 3. The highest BCUT2D eigenvalue weighted by atomic mass is 35.5. The fourth-order valence-corrected chi connectivity index (χ4v) is 2.72. The van der Waals surface area contributed by atoms with E-state index in [1.54, 1.807) is 25.1 Å². The largest absolute Gasteiger partial charge is 0.452 e. The van der Waals surface area contributed by atoms with Crippen LogP contribution in [0.4, 0.5) is 0 Å². The molecule has 1 amide bonds. The number of carbonyl (C=O) groups is 2. The zero-order valence-corrected chi connectivity index (χ0v) is 15.0. The van der Waals surface area contributed by atoms with Gasteiger partial charge in [0.05, 0.1) is 16.6 Å². The van der Waals surface area contributed by atoms with Gasteiger partial charge >= 0.3 is 5.97 Å². The molecule has 0 saturated carbocycles. The molecule has 0 fully saturated rings. The molecule has 2 aromatic carbocycles. The van der Waals surface area contributed by atoms with Gasteiger partial charge in [0, 0.05) is 10.0 Å². The quantitative estimate of drug-likeness (QED) is 0.759. The first-order valence-electron chi connectivity index (χ1n) is 7.04. The van der Waals surface area contributed by atoms with Crippen molar-refractivity contribution >= 4 is 46.7 Å². The lowest BCUT2D eigenvalue weighted by Gasteiger charge is -2.15.